The number of halogens is 1. The van der Waals surface area contributed by atoms with Crippen molar-refractivity contribution in [3.63, 3.8) is 0 Å². The van der Waals surface area contributed by atoms with E-state index < -0.39 is 5.82 Å². The summed E-state index contributed by atoms with van der Waals surface area (Å²) >= 11 is 0. The lowest BCUT2D eigenvalue weighted by Crippen LogP contribution is -2.59. The van der Waals surface area contributed by atoms with Gasteiger partial charge in [-0.05, 0) is 19.1 Å². The van der Waals surface area contributed by atoms with Crippen LogP contribution in [0.25, 0.3) is 0 Å². The summed E-state index contributed by atoms with van der Waals surface area (Å²) in [5.74, 6) is -0.652. The number of ether oxygens (including phenoxy) is 2. The molecule has 0 aliphatic carbocycles. The standard InChI is InChI=1S/C13H17FN2O3/c1-13(7-15-8-13)19-6-12(17)16-9-3-4-10(14)11(5-9)18-2/h3-5,15H,6-8H2,1-2H3,(H,16,17). The highest BCUT2D eigenvalue weighted by Gasteiger charge is 2.32. The molecular weight excluding hydrogens is 251 g/mol. The molecule has 19 heavy (non-hydrogen) atoms. The van der Waals surface area contributed by atoms with Gasteiger partial charge < -0.3 is 20.1 Å². The molecule has 2 rings (SSSR count). The van der Waals surface area contributed by atoms with Crippen LogP contribution in [0.5, 0.6) is 5.75 Å². The molecule has 1 heterocycles. The SMILES string of the molecule is COc1cc(NC(=O)COC2(C)CNC2)ccc1F. The van der Waals surface area contributed by atoms with E-state index in [9.17, 15) is 9.18 Å². The second kappa shape index (κ2) is 5.54. The maximum absolute atomic E-state index is 13.2. The van der Waals surface area contributed by atoms with Gasteiger partial charge in [-0.15, -0.1) is 0 Å². The molecule has 0 spiro atoms. The van der Waals surface area contributed by atoms with Crippen molar-refractivity contribution in [2.75, 3.05) is 32.1 Å². The number of nitrogens with one attached hydrogen (secondary N) is 2. The minimum absolute atomic E-state index is 0.0299. The topological polar surface area (TPSA) is 59.6 Å². The first kappa shape index (κ1) is 13.8. The lowest BCUT2D eigenvalue weighted by Gasteiger charge is -2.38. The molecule has 2 N–H and O–H groups in total. The Hall–Kier alpha value is -1.66. The highest BCUT2D eigenvalue weighted by molar-refractivity contribution is 5.91. The third kappa shape index (κ3) is 3.42. The molecule has 1 aromatic carbocycles. The van der Waals surface area contributed by atoms with Crippen molar-refractivity contribution in [3.05, 3.63) is 24.0 Å². The van der Waals surface area contributed by atoms with E-state index in [0.717, 1.165) is 13.1 Å². The van der Waals surface area contributed by atoms with Crippen LogP contribution < -0.4 is 15.4 Å². The van der Waals surface area contributed by atoms with Gasteiger partial charge >= 0.3 is 0 Å². The Labute approximate surface area is 111 Å². The smallest absolute Gasteiger partial charge is 0.250 e. The van der Waals surface area contributed by atoms with E-state index in [-0.39, 0.29) is 23.9 Å². The number of hydrogen-bond donors (Lipinski definition) is 2. The van der Waals surface area contributed by atoms with Crippen LogP contribution in [-0.2, 0) is 9.53 Å². The molecule has 1 saturated heterocycles. The normalized spacial score (nSPS) is 16.6. The Balaban J connectivity index is 1.88. The summed E-state index contributed by atoms with van der Waals surface area (Å²) in [4.78, 5) is 11.7. The number of rotatable bonds is 5. The first-order valence-electron chi connectivity index (χ1n) is 6.00. The summed E-state index contributed by atoms with van der Waals surface area (Å²) in [5, 5.41) is 5.72. The Kier molecular flexibility index (Phi) is 4.01. The molecule has 1 aliphatic heterocycles. The number of carbonyl (C=O) groups is 1. The molecule has 0 aromatic heterocycles. The lowest BCUT2D eigenvalue weighted by molar-refractivity contribution is -0.130. The van der Waals surface area contributed by atoms with Crippen molar-refractivity contribution in [3.8, 4) is 5.75 Å². The van der Waals surface area contributed by atoms with Crippen molar-refractivity contribution in [2.45, 2.75) is 12.5 Å². The minimum atomic E-state index is -0.468. The first-order chi connectivity index (χ1) is 9.02. The van der Waals surface area contributed by atoms with Gasteiger partial charge in [0, 0.05) is 24.8 Å². The van der Waals surface area contributed by atoms with Gasteiger partial charge in [0.1, 0.15) is 6.61 Å². The lowest BCUT2D eigenvalue weighted by atomic mass is 10.0. The van der Waals surface area contributed by atoms with Gasteiger partial charge in [0.2, 0.25) is 5.91 Å². The van der Waals surface area contributed by atoms with E-state index in [0.29, 0.717) is 5.69 Å². The van der Waals surface area contributed by atoms with E-state index >= 15 is 0 Å². The summed E-state index contributed by atoms with van der Waals surface area (Å²) in [7, 11) is 1.37. The zero-order valence-electron chi connectivity index (χ0n) is 11.0. The molecule has 1 aliphatic rings. The summed E-state index contributed by atoms with van der Waals surface area (Å²) in [6.45, 7) is 3.39. The monoisotopic (exact) mass is 268 g/mol. The third-order valence-electron chi connectivity index (χ3n) is 2.98. The average molecular weight is 268 g/mol. The van der Waals surface area contributed by atoms with Crippen LogP contribution in [-0.4, -0.2) is 38.3 Å². The molecule has 0 radical (unpaired) electrons. The number of anilines is 1. The summed E-state index contributed by atoms with van der Waals surface area (Å²) < 4.78 is 23.5. The molecule has 0 unspecified atom stereocenters. The number of methoxy groups -OCH3 is 1. The zero-order valence-corrected chi connectivity index (χ0v) is 11.0. The average Bonchev–Trinajstić information content (AvgIpc) is 2.36. The van der Waals surface area contributed by atoms with E-state index in [1.54, 1.807) is 0 Å². The second-order valence-corrected chi connectivity index (χ2v) is 4.74. The quantitative estimate of drug-likeness (QED) is 0.841. The molecule has 6 heteroatoms. The fourth-order valence-electron chi connectivity index (χ4n) is 1.75. The van der Waals surface area contributed by atoms with Crippen LogP contribution in [0.1, 0.15) is 6.92 Å². The summed E-state index contributed by atoms with van der Waals surface area (Å²) in [6, 6.07) is 4.15. The molecular formula is C13H17FN2O3. The molecule has 0 bridgehead atoms. The molecule has 0 atom stereocenters. The van der Waals surface area contributed by atoms with Crippen molar-refractivity contribution in [1.29, 1.82) is 0 Å². The third-order valence-corrected chi connectivity index (χ3v) is 2.98. The van der Waals surface area contributed by atoms with E-state index in [1.165, 1.54) is 25.3 Å². The molecule has 0 saturated carbocycles. The van der Waals surface area contributed by atoms with Crippen LogP contribution in [0.2, 0.25) is 0 Å². The fraction of sp³-hybridized carbons (Fsp3) is 0.462. The van der Waals surface area contributed by atoms with Gasteiger partial charge in [0.15, 0.2) is 11.6 Å². The number of hydrogen-bond acceptors (Lipinski definition) is 4. The highest BCUT2D eigenvalue weighted by Crippen LogP contribution is 2.21. The molecule has 104 valence electrons. The molecule has 1 fully saturated rings. The van der Waals surface area contributed by atoms with Gasteiger partial charge in [-0.3, -0.25) is 4.79 Å². The summed E-state index contributed by atoms with van der Waals surface area (Å²) in [5.41, 5.74) is 0.210. The van der Waals surface area contributed by atoms with Crippen LogP contribution in [0.3, 0.4) is 0 Å². The van der Waals surface area contributed by atoms with Crippen LogP contribution in [0, 0.1) is 5.82 Å². The van der Waals surface area contributed by atoms with E-state index in [4.69, 9.17) is 9.47 Å². The molecule has 1 aromatic rings. The van der Waals surface area contributed by atoms with Crippen molar-refractivity contribution in [2.24, 2.45) is 0 Å². The van der Waals surface area contributed by atoms with Crippen LogP contribution in [0.15, 0.2) is 18.2 Å². The largest absolute Gasteiger partial charge is 0.494 e. The van der Waals surface area contributed by atoms with Crippen molar-refractivity contribution in [1.82, 2.24) is 5.32 Å². The van der Waals surface area contributed by atoms with Crippen LogP contribution >= 0.6 is 0 Å². The van der Waals surface area contributed by atoms with Crippen LogP contribution in [0.4, 0.5) is 10.1 Å². The summed E-state index contributed by atoms with van der Waals surface area (Å²) in [6.07, 6.45) is 0. The van der Waals surface area contributed by atoms with Gasteiger partial charge in [0.05, 0.1) is 12.7 Å². The Morgan fingerprint density at radius 3 is 2.84 bits per heavy atom. The molecule has 1 amide bonds. The minimum Gasteiger partial charge on any atom is -0.494 e. The highest BCUT2D eigenvalue weighted by atomic mass is 19.1. The number of benzene rings is 1. The predicted octanol–water partition coefficient (Wildman–Crippen LogP) is 1.15. The van der Waals surface area contributed by atoms with Gasteiger partial charge in [-0.2, -0.15) is 0 Å². The van der Waals surface area contributed by atoms with Gasteiger partial charge in [-0.25, -0.2) is 4.39 Å². The fourth-order valence-corrected chi connectivity index (χ4v) is 1.75. The maximum atomic E-state index is 13.2. The number of amides is 1. The maximum Gasteiger partial charge on any atom is 0.250 e. The van der Waals surface area contributed by atoms with E-state index in [1.807, 2.05) is 6.92 Å². The molecule has 5 nitrogen and oxygen atoms in total. The number of carbonyl (C=O) groups excluding carboxylic acids is 1. The first-order valence-corrected chi connectivity index (χ1v) is 6.00. The Morgan fingerprint density at radius 1 is 1.53 bits per heavy atom. The van der Waals surface area contributed by atoms with Crippen molar-refractivity contribution >= 4 is 11.6 Å². The Morgan fingerprint density at radius 2 is 2.26 bits per heavy atom. The van der Waals surface area contributed by atoms with E-state index in [2.05, 4.69) is 10.6 Å². The van der Waals surface area contributed by atoms with Gasteiger partial charge in [-0.1, -0.05) is 0 Å². The zero-order chi connectivity index (χ0) is 13.9. The van der Waals surface area contributed by atoms with Crippen molar-refractivity contribution < 1.29 is 18.7 Å². The van der Waals surface area contributed by atoms with Gasteiger partial charge in [0.25, 0.3) is 0 Å². The predicted molar refractivity (Wildman–Crippen MR) is 68.8 cm³/mol. The second-order valence-electron chi connectivity index (χ2n) is 4.74. The Bertz CT molecular complexity index is 475.